The minimum Gasteiger partial charge on any atom is -0.385 e. The largest absolute Gasteiger partial charge is 0.385 e. The molecule has 3 nitrogen and oxygen atoms in total. The summed E-state index contributed by atoms with van der Waals surface area (Å²) in [6.07, 6.45) is 2.32. The molecule has 0 aromatic heterocycles. The molecule has 0 saturated heterocycles. The van der Waals surface area contributed by atoms with E-state index in [1.54, 1.807) is 7.11 Å². The van der Waals surface area contributed by atoms with E-state index in [0.29, 0.717) is 0 Å². The molecule has 0 unspecified atom stereocenters. The van der Waals surface area contributed by atoms with E-state index in [-0.39, 0.29) is 0 Å². The summed E-state index contributed by atoms with van der Waals surface area (Å²) in [6.45, 7) is 6.54. The first-order chi connectivity index (χ1) is 5.91. The van der Waals surface area contributed by atoms with Crippen LogP contribution in [0.25, 0.3) is 0 Å². The zero-order chi connectivity index (χ0) is 9.07. The monoisotopic (exact) mass is 175 g/mol. The van der Waals surface area contributed by atoms with E-state index in [4.69, 9.17) is 9.47 Å². The van der Waals surface area contributed by atoms with Gasteiger partial charge in [-0.1, -0.05) is 0 Å². The van der Waals surface area contributed by atoms with Gasteiger partial charge in [0.2, 0.25) is 0 Å². The molecule has 3 heteroatoms. The highest BCUT2D eigenvalue weighted by molar-refractivity contribution is 4.46. The van der Waals surface area contributed by atoms with Crippen molar-refractivity contribution in [1.29, 1.82) is 0 Å². The Labute approximate surface area is 75.4 Å². The molecule has 0 saturated carbocycles. The summed E-state index contributed by atoms with van der Waals surface area (Å²) in [6, 6.07) is 0. The van der Waals surface area contributed by atoms with Crippen molar-refractivity contribution in [3.05, 3.63) is 0 Å². The highest BCUT2D eigenvalue weighted by Crippen LogP contribution is 1.86. The van der Waals surface area contributed by atoms with Gasteiger partial charge in [-0.05, 0) is 26.3 Å². The van der Waals surface area contributed by atoms with Crippen LogP contribution in [0.1, 0.15) is 19.8 Å². The van der Waals surface area contributed by atoms with Crippen molar-refractivity contribution in [2.45, 2.75) is 19.8 Å². The number of unbranched alkanes of at least 4 members (excludes halogenated alkanes) is 1. The molecule has 0 radical (unpaired) electrons. The fraction of sp³-hybridized carbons (Fsp3) is 1.00. The van der Waals surface area contributed by atoms with Crippen LogP contribution in [-0.4, -0.2) is 40.0 Å². The van der Waals surface area contributed by atoms with Crippen molar-refractivity contribution >= 4 is 0 Å². The van der Waals surface area contributed by atoms with Gasteiger partial charge in [0.05, 0.1) is 6.61 Å². The maximum atomic E-state index is 5.17. The lowest BCUT2D eigenvalue weighted by Crippen LogP contribution is -2.21. The Morgan fingerprint density at radius 2 is 1.92 bits per heavy atom. The number of rotatable bonds is 9. The molecule has 0 aliphatic rings. The molecule has 0 fully saturated rings. The molecule has 0 amide bonds. The summed E-state index contributed by atoms with van der Waals surface area (Å²) in [5.41, 5.74) is 0. The van der Waals surface area contributed by atoms with Gasteiger partial charge >= 0.3 is 0 Å². The molecular formula is C9H21NO2. The zero-order valence-electron chi connectivity index (χ0n) is 8.27. The second-order valence-electron chi connectivity index (χ2n) is 2.65. The van der Waals surface area contributed by atoms with E-state index in [1.165, 1.54) is 6.42 Å². The minimum absolute atomic E-state index is 0.811. The molecule has 0 aromatic carbocycles. The summed E-state index contributed by atoms with van der Waals surface area (Å²) >= 11 is 0. The predicted octanol–water partition coefficient (Wildman–Crippen LogP) is 1.04. The highest BCUT2D eigenvalue weighted by Gasteiger charge is 1.88. The second-order valence-corrected chi connectivity index (χ2v) is 2.65. The number of hydrogen-bond acceptors (Lipinski definition) is 3. The molecule has 0 spiro atoms. The third-order valence-corrected chi connectivity index (χ3v) is 1.58. The zero-order valence-corrected chi connectivity index (χ0v) is 8.27. The Kier molecular flexibility index (Phi) is 10.8. The van der Waals surface area contributed by atoms with E-state index in [0.717, 1.165) is 39.3 Å². The number of hydrogen-bond donors (Lipinski definition) is 1. The van der Waals surface area contributed by atoms with Crippen molar-refractivity contribution in [1.82, 2.24) is 5.32 Å². The smallest absolute Gasteiger partial charge is 0.0590 e. The van der Waals surface area contributed by atoms with Crippen LogP contribution in [0.3, 0.4) is 0 Å². The topological polar surface area (TPSA) is 30.5 Å². The normalized spacial score (nSPS) is 10.5. The van der Waals surface area contributed by atoms with E-state index >= 15 is 0 Å². The van der Waals surface area contributed by atoms with Crippen molar-refractivity contribution in [2.75, 3.05) is 40.0 Å². The van der Waals surface area contributed by atoms with Crippen molar-refractivity contribution in [3.63, 3.8) is 0 Å². The lowest BCUT2D eigenvalue weighted by atomic mass is 10.3. The fourth-order valence-corrected chi connectivity index (χ4v) is 0.910. The van der Waals surface area contributed by atoms with Gasteiger partial charge in [-0.2, -0.15) is 0 Å². The molecule has 0 bridgehead atoms. The van der Waals surface area contributed by atoms with Gasteiger partial charge in [-0.3, -0.25) is 0 Å². The molecule has 12 heavy (non-hydrogen) atoms. The van der Waals surface area contributed by atoms with Crippen LogP contribution in [0.15, 0.2) is 0 Å². The van der Waals surface area contributed by atoms with Crippen LogP contribution in [-0.2, 0) is 9.47 Å². The van der Waals surface area contributed by atoms with E-state index in [9.17, 15) is 0 Å². The molecule has 0 heterocycles. The highest BCUT2D eigenvalue weighted by atomic mass is 16.5. The van der Waals surface area contributed by atoms with Gasteiger partial charge in [-0.15, -0.1) is 0 Å². The summed E-state index contributed by atoms with van der Waals surface area (Å²) < 4.78 is 10.1. The van der Waals surface area contributed by atoms with Crippen LogP contribution in [0.4, 0.5) is 0 Å². The molecular weight excluding hydrogens is 154 g/mol. The minimum atomic E-state index is 0.811. The Hall–Kier alpha value is -0.120. The second kappa shape index (κ2) is 10.9. The van der Waals surface area contributed by atoms with Crippen molar-refractivity contribution in [3.8, 4) is 0 Å². The molecule has 0 atom stereocenters. The Morgan fingerprint density at radius 3 is 2.58 bits per heavy atom. The van der Waals surface area contributed by atoms with E-state index in [1.807, 2.05) is 6.92 Å². The van der Waals surface area contributed by atoms with E-state index < -0.39 is 0 Å². The third-order valence-electron chi connectivity index (χ3n) is 1.58. The van der Waals surface area contributed by atoms with Gasteiger partial charge in [-0.25, -0.2) is 0 Å². The van der Waals surface area contributed by atoms with Crippen molar-refractivity contribution in [2.24, 2.45) is 0 Å². The summed E-state index contributed by atoms with van der Waals surface area (Å²) in [5.74, 6) is 0. The molecule has 0 aliphatic heterocycles. The van der Waals surface area contributed by atoms with Gasteiger partial charge < -0.3 is 14.8 Å². The summed E-state index contributed by atoms with van der Waals surface area (Å²) in [7, 11) is 1.74. The van der Waals surface area contributed by atoms with Gasteiger partial charge in [0, 0.05) is 26.9 Å². The Bertz CT molecular complexity index is 68.9. The lowest BCUT2D eigenvalue weighted by Gasteiger charge is -2.03. The Morgan fingerprint density at radius 1 is 1.08 bits per heavy atom. The average molecular weight is 175 g/mol. The SMILES string of the molecule is CCOCCNCCCCOC. The number of nitrogens with one attached hydrogen (secondary N) is 1. The molecule has 1 N–H and O–H groups in total. The Balaban J connectivity index is 2.73. The van der Waals surface area contributed by atoms with Gasteiger partial charge in [0.15, 0.2) is 0 Å². The lowest BCUT2D eigenvalue weighted by molar-refractivity contribution is 0.148. The fourth-order valence-electron chi connectivity index (χ4n) is 0.910. The average Bonchev–Trinajstić information content (AvgIpc) is 2.10. The van der Waals surface area contributed by atoms with Crippen LogP contribution in [0.2, 0.25) is 0 Å². The van der Waals surface area contributed by atoms with Crippen LogP contribution < -0.4 is 5.32 Å². The van der Waals surface area contributed by atoms with Crippen molar-refractivity contribution < 1.29 is 9.47 Å². The first-order valence-electron chi connectivity index (χ1n) is 4.69. The summed E-state index contributed by atoms with van der Waals surface area (Å²) in [4.78, 5) is 0. The standard InChI is InChI=1S/C9H21NO2/c1-3-12-9-7-10-6-4-5-8-11-2/h10H,3-9H2,1-2H3. The molecule has 0 aromatic rings. The van der Waals surface area contributed by atoms with Gasteiger partial charge in [0.25, 0.3) is 0 Å². The third kappa shape index (κ3) is 9.88. The van der Waals surface area contributed by atoms with Crippen LogP contribution in [0.5, 0.6) is 0 Å². The van der Waals surface area contributed by atoms with E-state index in [2.05, 4.69) is 5.32 Å². The molecule has 0 rings (SSSR count). The van der Waals surface area contributed by atoms with Crippen LogP contribution in [0, 0.1) is 0 Å². The maximum Gasteiger partial charge on any atom is 0.0590 e. The number of ether oxygens (including phenoxy) is 2. The van der Waals surface area contributed by atoms with Gasteiger partial charge in [0.1, 0.15) is 0 Å². The molecule has 74 valence electrons. The first kappa shape index (κ1) is 11.9. The quantitative estimate of drug-likeness (QED) is 0.531. The molecule has 0 aliphatic carbocycles. The summed E-state index contributed by atoms with van der Waals surface area (Å²) in [5, 5.41) is 3.30. The number of methoxy groups -OCH3 is 1. The maximum absolute atomic E-state index is 5.17. The predicted molar refractivity (Wildman–Crippen MR) is 50.5 cm³/mol. The van der Waals surface area contributed by atoms with Crippen LogP contribution >= 0.6 is 0 Å². The first-order valence-corrected chi connectivity index (χ1v) is 4.69.